The molecule has 0 saturated carbocycles. The van der Waals surface area contributed by atoms with Crippen molar-refractivity contribution in [2.45, 2.75) is 12.0 Å². The first kappa shape index (κ1) is 18.6. The van der Waals surface area contributed by atoms with Gasteiger partial charge in [0.15, 0.2) is 6.10 Å². The maximum Gasteiger partial charge on any atom is 0.339 e. The summed E-state index contributed by atoms with van der Waals surface area (Å²) in [6, 6.07) is 10.9. The Morgan fingerprint density at radius 2 is 1.79 bits per heavy atom. The Hall–Kier alpha value is -1.74. The Labute approximate surface area is 154 Å². The average Bonchev–Trinajstić information content (AvgIpc) is 2.55. The lowest BCUT2D eigenvalue weighted by molar-refractivity contribution is -0.336. The lowest BCUT2D eigenvalue weighted by Crippen LogP contribution is -2.47. The third-order valence-corrected chi connectivity index (χ3v) is 4.62. The quantitative estimate of drug-likeness (QED) is 0.502. The van der Waals surface area contributed by atoms with Gasteiger partial charge in [0.2, 0.25) is 0 Å². The number of alkyl halides is 2. The van der Waals surface area contributed by atoms with Gasteiger partial charge in [-0.05, 0) is 46.4 Å². The van der Waals surface area contributed by atoms with Crippen molar-refractivity contribution < 1.29 is 28.2 Å². The monoisotopic (exact) mass is 465 g/mol. The van der Waals surface area contributed by atoms with Crippen molar-refractivity contribution in [2.24, 2.45) is 0 Å². The summed E-state index contributed by atoms with van der Waals surface area (Å²) < 4.78 is 33.2. The molecule has 4 nitrogen and oxygen atoms in total. The third kappa shape index (κ3) is 4.02. The molecule has 0 spiro atoms. The molecular weight excluding hydrogens is 457 g/mol. The van der Waals surface area contributed by atoms with Gasteiger partial charge >= 0.3 is 11.9 Å². The Kier molecular flexibility index (Phi) is 5.76. The van der Waals surface area contributed by atoms with Crippen LogP contribution in [0.1, 0.15) is 22.0 Å². The Balaban J connectivity index is 2.36. The predicted molar refractivity (Wildman–Crippen MR) is 88.7 cm³/mol. The normalized spacial score (nSPS) is 12.5. The minimum Gasteiger partial charge on any atom is -0.544 e. The second kappa shape index (κ2) is 7.43. The molecule has 1 unspecified atom stereocenters. The van der Waals surface area contributed by atoms with Gasteiger partial charge in [-0.3, -0.25) is 0 Å². The number of esters is 1. The van der Waals surface area contributed by atoms with Crippen molar-refractivity contribution in [2.75, 3.05) is 0 Å². The first-order valence-electron chi connectivity index (χ1n) is 6.53. The highest BCUT2D eigenvalue weighted by atomic mass is 127. The lowest BCUT2D eigenvalue weighted by Gasteiger charge is -2.27. The smallest absolute Gasteiger partial charge is 0.339 e. The first-order chi connectivity index (χ1) is 11.2. The zero-order valence-corrected chi connectivity index (χ0v) is 14.8. The molecule has 2 rings (SSSR count). The fraction of sp³-hybridized carbons (Fsp3) is 0.125. The Bertz CT molecular complexity index is 768. The number of carboxylic acids is 1. The number of ether oxygens (including phenoxy) is 1. The number of carboxylic acid groups (broad SMARTS) is 1. The standard InChI is InChI=1S/C16H10ClF2IO4/c17-11-7-6-10(8-12(11)20)14(21)24-13(16(18,19)15(22)23)9-4-2-1-3-5-9/h1-8,13H,(H,22,23)/p-1. The molecule has 0 radical (unpaired) electrons. The number of hydrogen-bond donors (Lipinski definition) is 0. The first-order valence-corrected chi connectivity index (χ1v) is 7.99. The fourth-order valence-corrected chi connectivity index (χ4v) is 2.52. The molecule has 8 heteroatoms. The van der Waals surface area contributed by atoms with Gasteiger partial charge in [0, 0.05) is 3.57 Å². The molecule has 126 valence electrons. The SMILES string of the molecule is O=C(OC(c1ccccc1)C(F)(F)C(=O)[O-])c1ccc(Cl)c(I)c1. The van der Waals surface area contributed by atoms with Gasteiger partial charge < -0.3 is 14.6 Å². The molecule has 0 heterocycles. The van der Waals surface area contributed by atoms with Gasteiger partial charge in [-0.25, -0.2) is 4.79 Å². The number of rotatable bonds is 5. The topological polar surface area (TPSA) is 66.4 Å². The van der Waals surface area contributed by atoms with Crippen LogP contribution >= 0.6 is 34.2 Å². The molecule has 0 aliphatic rings. The fourth-order valence-electron chi connectivity index (χ4n) is 1.88. The molecular formula is C16H9ClF2IO4-. The van der Waals surface area contributed by atoms with Gasteiger partial charge in [0.1, 0.15) is 5.97 Å². The molecule has 0 bridgehead atoms. The van der Waals surface area contributed by atoms with E-state index < -0.39 is 24.0 Å². The van der Waals surface area contributed by atoms with Crippen LogP contribution < -0.4 is 5.11 Å². The molecule has 0 aliphatic carbocycles. The summed E-state index contributed by atoms with van der Waals surface area (Å²) in [4.78, 5) is 22.9. The van der Waals surface area contributed by atoms with E-state index in [9.17, 15) is 23.5 Å². The van der Waals surface area contributed by atoms with E-state index in [0.717, 1.165) is 0 Å². The second-order valence-corrected chi connectivity index (χ2v) is 6.30. The Morgan fingerprint density at radius 1 is 1.17 bits per heavy atom. The van der Waals surface area contributed by atoms with Crippen LogP contribution in [-0.2, 0) is 9.53 Å². The van der Waals surface area contributed by atoms with Crippen LogP contribution in [0.5, 0.6) is 0 Å². The molecule has 1 atom stereocenters. The van der Waals surface area contributed by atoms with Gasteiger partial charge in [-0.2, -0.15) is 8.78 Å². The van der Waals surface area contributed by atoms with Crippen LogP contribution in [0.2, 0.25) is 5.02 Å². The highest BCUT2D eigenvalue weighted by Gasteiger charge is 2.45. The lowest BCUT2D eigenvalue weighted by atomic mass is 10.0. The summed E-state index contributed by atoms with van der Waals surface area (Å²) in [5, 5.41) is 11.2. The van der Waals surface area contributed by atoms with Crippen LogP contribution in [0.4, 0.5) is 8.78 Å². The molecule has 0 saturated heterocycles. The largest absolute Gasteiger partial charge is 0.544 e. The Morgan fingerprint density at radius 3 is 2.33 bits per heavy atom. The van der Waals surface area contributed by atoms with E-state index in [1.165, 1.54) is 42.5 Å². The minimum absolute atomic E-state index is 0.0288. The highest BCUT2D eigenvalue weighted by Crippen LogP contribution is 2.35. The summed E-state index contributed by atoms with van der Waals surface area (Å²) in [5.41, 5.74) is -0.192. The number of benzene rings is 2. The minimum atomic E-state index is -4.39. The maximum atomic E-state index is 14.0. The van der Waals surface area contributed by atoms with Crippen LogP contribution in [0, 0.1) is 3.57 Å². The molecule has 0 aliphatic heterocycles. The van der Waals surface area contributed by atoms with Crippen molar-refractivity contribution in [3.05, 3.63) is 68.3 Å². The summed E-state index contributed by atoms with van der Waals surface area (Å²) in [7, 11) is 0. The van der Waals surface area contributed by atoms with Crippen molar-refractivity contribution in [1.82, 2.24) is 0 Å². The van der Waals surface area contributed by atoms with E-state index in [2.05, 4.69) is 0 Å². The van der Waals surface area contributed by atoms with E-state index in [1.807, 2.05) is 22.6 Å². The van der Waals surface area contributed by atoms with Gasteiger partial charge in [-0.15, -0.1) is 0 Å². The number of aliphatic carboxylic acids is 1. The van der Waals surface area contributed by atoms with Crippen LogP contribution in [0.15, 0.2) is 48.5 Å². The van der Waals surface area contributed by atoms with Crippen LogP contribution in [0.3, 0.4) is 0 Å². The molecule has 24 heavy (non-hydrogen) atoms. The predicted octanol–water partition coefficient (Wildman–Crippen LogP) is 3.23. The number of carbonyl (C=O) groups is 2. The number of carbonyl (C=O) groups excluding carboxylic acids is 2. The second-order valence-electron chi connectivity index (χ2n) is 4.74. The van der Waals surface area contributed by atoms with Crippen molar-refractivity contribution >= 4 is 46.1 Å². The molecule has 0 fully saturated rings. The summed E-state index contributed by atoms with van der Waals surface area (Å²) >= 11 is 7.70. The van der Waals surface area contributed by atoms with E-state index in [4.69, 9.17) is 16.3 Å². The van der Waals surface area contributed by atoms with E-state index in [0.29, 0.717) is 8.59 Å². The molecule has 0 aromatic heterocycles. The summed E-state index contributed by atoms with van der Waals surface area (Å²) in [6.07, 6.45) is -2.32. The third-order valence-electron chi connectivity index (χ3n) is 3.08. The molecule has 2 aromatic carbocycles. The van der Waals surface area contributed by atoms with Gasteiger partial charge in [0.05, 0.1) is 10.6 Å². The molecule has 0 amide bonds. The summed E-state index contributed by atoms with van der Waals surface area (Å²) in [5.74, 6) is -8.12. The van der Waals surface area contributed by atoms with Gasteiger partial charge in [-0.1, -0.05) is 41.9 Å². The van der Waals surface area contributed by atoms with E-state index >= 15 is 0 Å². The van der Waals surface area contributed by atoms with E-state index in [1.54, 1.807) is 6.07 Å². The van der Waals surface area contributed by atoms with Crippen molar-refractivity contribution in [1.29, 1.82) is 0 Å². The molecule has 2 aromatic rings. The van der Waals surface area contributed by atoms with E-state index in [-0.39, 0.29) is 11.1 Å². The zero-order chi connectivity index (χ0) is 17.9. The highest BCUT2D eigenvalue weighted by molar-refractivity contribution is 14.1. The zero-order valence-electron chi connectivity index (χ0n) is 11.8. The number of hydrogen-bond acceptors (Lipinski definition) is 4. The maximum absolute atomic E-state index is 14.0. The van der Waals surface area contributed by atoms with Crippen molar-refractivity contribution in [3.63, 3.8) is 0 Å². The van der Waals surface area contributed by atoms with Crippen LogP contribution in [-0.4, -0.2) is 17.9 Å². The van der Waals surface area contributed by atoms with Crippen molar-refractivity contribution in [3.8, 4) is 0 Å². The number of halogens is 4. The summed E-state index contributed by atoms with van der Waals surface area (Å²) in [6.45, 7) is 0. The van der Waals surface area contributed by atoms with Crippen LogP contribution in [0.25, 0.3) is 0 Å². The van der Waals surface area contributed by atoms with Gasteiger partial charge in [0.25, 0.3) is 0 Å². The average molecular weight is 466 g/mol. The molecule has 0 N–H and O–H groups in total.